The van der Waals surface area contributed by atoms with Crippen molar-refractivity contribution in [3.05, 3.63) is 29.8 Å². The Bertz CT molecular complexity index is 706. The van der Waals surface area contributed by atoms with Gasteiger partial charge >= 0.3 is 5.97 Å². The first kappa shape index (κ1) is 17.1. The molecule has 1 aliphatic heterocycles. The standard InChI is InChI=1S/C18H20N2O5/c1-25-18(24)11-5-4-6-12(9-11)19-15(21)10-20-16(22)13-7-2-3-8-14(13)17(20)23/h4-6,9,13-14H,2-3,7-8,10H2,1H3,(H,19,21)/t13-,14-/m1/s1. The van der Waals surface area contributed by atoms with Crippen LogP contribution < -0.4 is 5.32 Å². The summed E-state index contributed by atoms with van der Waals surface area (Å²) in [5, 5.41) is 2.62. The zero-order valence-corrected chi connectivity index (χ0v) is 14.0. The van der Waals surface area contributed by atoms with Crippen molar-refractivity contribution in [2.24, 2.45) is 11.8 Å². The molecule has 1 saturated carbocycles. The van der Waals surface area contributed by atoms with Crippen LogP contribution in [0.15, 0.2) is 24.3 Å². The van der Waals surface area contributed by atoms with E-state index in [4.69, 9.17) is 0 Å². The number of esters is 1. The van der Waals surface area contributed by atoms with Gasteiger partial charge in [-0.15, -0.1) is 0 Å². The lowest BCUT2D eigenvalue weighted by Crippen LogP contribution is -2.38. The highest BCUT2D eigenvalue weighted by Crippen LogP contribution is 2.37. The minimum absolute atomic E-state index is 0.242. The lowest BCUT2D eigenvalue weighted by atomic mass is 9.81. The summed E-state index contributed by atoms with van der Waals surface area (Å²) in [7, 11) is 1.28. The van der Waals surface area contributed by atoms with Gasteiger partial charge in [0.05, 0.1) is 24.5 Å². The first-order chi connectivity index (χ1) is 12.0. The summed E-state index contributed by atoms with van der Waals surface area (Å²) in [6, 6.07) is 6.29. The summed E-state index contributed by atoms with van der Waals surface area (Å²) in [4.78, 5) is 49.6. The average molecular weight is 344 g/mol. The maximum atomic E-state index is 12.4. The van der Waals surface area contributed by atoms with Gasteiger partial charge in [0.2, 0.25) is 17.7 Å². The summed E-state index contributed by atoms with van der Waals surface area (Å²) < 4.78 is 4.64. The average Bonchev–Trinajstić information content (AvgIpc) is 2.86. The molecule has 3 rings (SSSR count). The third-order valence-electron chi connectivity index (χ3n) is 4.80. The number of fused-ring (bicyclic) bond motifs is 1. The molecule has 0 bridgehead atoms. The molecule has 0 unspecified atom stereocenters. The van der Waals surface area contributed by atoms with Crippen molar-refractivity contribution in [3.8, 4) is 0 Å². The number of amides is 3. The van der Waals surface area contributed by atoms with E-state index in [1.807, 2.05) is 0 Å². The number of methoxy groups -OCH3 is 1. The minimum atomic E-state index is -0.509. The monoisotopic (exact) mass is 344 g/mol. The third kappa shape index (κ3) is 3.40. The number of likely N-dealkylation sites (tertiary alicyclic amines) is 1. The molecule has 1 saturated heterocycles. The van der Waals surface area contributed by atoms with E-state index < -0.39 is 11.9 Å². The highest BCUT2D eigenvalue weighted by Gasteiger charge is 2.48. The molecule has 2 atom stereocenters. The molecule has 0 spiro atoms. The van der Waals surface area contributed by atoms with Crippen LogP contribution in [0.2, 0.25) is 0 Å². The molecule has 3 amide bonds. The first-order valence-electron chi connectivity index (χ1n) is 8.34. The fourth-order valence-electron chi connectivity index (χ4n) is 3.57. The number of hydrogen-bond acceptors (Lipinski definition) is 5. The van der Waals surface area contributed by atoms with Crippen LogP contribution in [0.1, 0.15) is 36.0 Å². The van der Waals surface area contributed by atoms with Gasteiger partial charge in [0.25, 0.3) is 0 Å². The van der Waals surface area contributed by atoms with Crippen LogP contribution in [0.5, 0.6) is 0 Å². The van der Waals surface area contributed by atoms with Crippen molar-refractivity contribution < 1.29 is 23.9 Å². The lowest BCUT2D eigenvalue weighted by Gasteiger charge is -2.19. The van der Waals surface area contributed by atoms with Crippen molar-refractivity contribution in [1.29, 1.82) is 0 Å². The molecule has 132 valence electrons. The van der Waals surface area contributed by atoms with Crippen molar-refractivity contribution in [2.45, 2.75) is 25.7 Å². The molecule has 1 aromatic carbocycles. The first-order valence-corrected chi connectivity index (χ1v) is 8.34. The van der Waals surface area contributed by atoms with Gasteiger partial charge in [0.1, 0.15) is 6.54 Å². The smallest absolute Gasteiger partial charge is 0.337 e. The number of carbonyl (C=O) groups excluding carboxylic acids is 4. The molecule has 2 aliphatic rings. The molecule has 25 heavy (non-hydrogen) atoms. The van der Waals surface area contributed by atoms with Gasteiger partial charge in [-0.1, -0.05) is 18.9 Å². The van der Waals surface area contributed by atoms with E-state index in [0.717, 1.165) is 17.7 Å². The number of benzene rings is 1. The van der Waals surface area contributed by atoms with E-state index in [9.17, 15) is 19.2 Å². The third-order valence-corrected chi connectivity index (χ3v) is 4.80. The number of carbonyl (C=O) groups is 4. The van der Waals surface area contributed by atoms with Crippen molar-refractivity contribution >= 4 is 29.4 Å². The van der Waals surface area contributed by atoms with Crippen LogP contribution >= 0.6 is 0 Å². The zero-order chi connectivity index (χ0) is 18.0. The fourth-order valence-corrected chi connectivity index (χ4v) is 3.57. The van der Waals surface area contributed by atoms with Gasteiger partial charge in [0.15, 0.2) is 0 Å². The van der Waals surface area contributed by atoms with Crippen LogP contribution in [0.4, 0.5) is 5.69 Å². The minimum Gasteiger partial charge on any atom is -0.465 e. The predicted molar refractivity (Wildman–Crippen MR) is 88.6 cm³/mol. The Morgan fingerprint density at radius 3 is 2.40 bits per heavy atom. The SMILES string of the molecule is COC(=O)c1cccc(NC(=O)CN2C(=O)[C@@H]3CCCC[C@H]3C2=O)c1. The molecule has 2 fully saturated rings. The largest absolute Gasteiger partial charge is 0.465 e. The van der Waals surface area contributed by atoms with E-state index in [-0.39, 0.29) is 30.2 Å². The van der Waals surface area contributed by atoms with Crippen LogP contribution in [-0.4, -0.2) is 42.2 Å². The van der Waals surface area contributed by atoms with E-state index in [2.05, 4.69) is 10.1 Å². The Morgan fingerprint density at radius 2 is 1.80 bits per heavy atom. The van der Waals surface area contributed by atoms with Gasteiger partial charge in [0, 0.05) is 5.69 Å². The van der Waals surface area contributed by atoms with Crippen LogP contribution in [0.3, 0.4) is 0 Å². The summed E-state index contributed by atoms with van der Waals surface area (Å²) in [6.45, 7) is -0.298. The van der Waals surface area contributed by atoms with Crippen molar-refractivity contribution in [2.75, 3.05) is 19.0 Å². The molecule has 0 radical (unpaired) electrons. The molecule has 0 aromatic heterocycles. The topological polar surface area (TPSA) is 92.8 Å². The Hall–Kier alpha value is -2.70. The lowest BCUT2D eigenvalue weighted by molar-refractivity contribution is -0.142. The molecular weight excluding hydrogens is 324 g/mol. The maximum absolute atomic E-state index is 12.4. The predicted octanol–water partition coefficient (Wildman–Crippen LogP) is 1.59. The zero-order valence-electron chi connectivity index (χ0n) is 14.0. The molecule has 7 nitrogen and oxygen atoms in total. The number of nitrogens with one attached hydrogen (secondary N) is 1. The molecular formula is C18H20N2O5. The van der Waals surface area contributed by atoms with Crippen LogP contribution in [0, 0.1) is 11.8 Å². The molecule has 1 N–H and O–H groups in total. The highest BCUT2D eigenvalue weighted by molar-refractivity contribution is 6.08. The number of nitrogens with zero attached hydrogens (tertiary/aromatic N) is 1. The Labute approximate surface area is 145 Å². The van der Waals surface area contributed by atoms with E-state index in [1.165, 1.54) is 13.2 Å². The Balaban J connectivity index is 1.66. The number of rotatable bonds is 4. The number of anilines is 1. The second kappa shape index (κ2) is 7.04. The molecule has 7 heteroatoms. The van der Waals surface area contributed by atoms with Gasteiger partial charge in [-0.3, -0.25) is 19.3 Å². The molecule has 1 aromatic rings. The van der Waals surface area contributed by atoms with Gasteiger partial charge in [-0.05, 0) is 31.0 Å². The Kier molecular flexibility index (Phi) is 4.83. The van der Waals surface area contributed by atoms with Crippen molar-refractivity contribution in [3.63, 3.8) is 0 Å². The second-order valence-electron chi connectivity index (χ2n) is 6.38. The van der Waals surface area contributed by atoms with Gasteiger partial charge in [-0.25, -0.2) is 4.79 Å². The number of ether oxygens (including phenoxy) is 1. The quantitative estimate of drug-likeness (QED) is 0.661. The second-order valence-corrected chi connectivity index (χ2v) is 6.38. The summed E-state index contributed by atoms with van der Waals surface area (Å²) in [6.07, 6.45) is 3.32. The molecule has 1 aliphatic carbocycles. The van der Waals surface area contributed by atoms with Gasteiger partial charge in [-0.2, -0.15) is 0 Å². The van der Waals surface area contributed by atoms with E-state index >= 15 is 0 Å². The maximum Gasteiger partial charge on any atom is 0.337 e. The number of imide groups is 1. The summed E-state index contributed by atoms with van der Waals surface area (Å²) >= 11 is 0. The van der Waals surface area contributed by atoms with E-state index in [0.29, 0.717) is 24.1 Å². The Morgan fingerprint density at radius 1 is 1.16 bits per heavy atom. The molecule has 1 heterocycles. The van der Waals surface area contributed by atoms with Gasteiger partial charge < -0.3 is 10.1 Å². The number of hydrogen-bond donors (Lipinski definition) is 1. The normalized spacial score (nSPS) is 22.5. The summed E-state index contributed by atoms with van der Waals surface area (Å²) in [5.41, 5.74) is 0.712. The van der Waals surface area contributed by atoms with Crippen LogP contribution in [-0.2, 0) is 19.1 Å². The van der Waals surface area contributed by atoms with Crippen LogP contribution in [0.25, 0.3) is 0 Å². The van der Waals surface area contributed by atoms with Crippen molar-refractivity contribution in [1.82, 2.24) is 4.90 Å². The highest BCUT2D eigenvalue weighted by atomic mass is 16.5. The van der Waals surface area contributed by atoms with E-state index in [1.54, 1.807) is 18.2 Å². The summed E-state index contributed by atoms with van der Waals surface area (Å²) in [5.74, 6) is -2.00. The fraction of sp³-hybridized carbons (Fsp3) is 0.444.